The molecule has 0 aliphatic heterocycles. The van der Waals surface area contributed by atoms with Gasteiger partial charge in [-0.05, 0) is 11.6 Å². The van der Waals surface area contributed by atoms with Gasteiger partial charge in [0, 0.05) is 23.0 Å². The third kappa shape index (κ3) is 3.16. The molecule has 0 saturated carbocycles. The van der Waals surface area contributed by atoms with Crippen LogP contribution in [0.15, 0.2) is 59.9 Å². The monoisotopic (exact) mass is 389 g/mol. The van der Waals surface area contributed by atoms with Crippen molar-refractivity contribution < 1.29 is 12.8 Å². The molecule has 0 amide bonds. The summed E-state index contributed by atoms with van der Waals surface area (Å²) in [5, 5.41) is 4.85. The van der Waals surface area contributed by atoms with Gasteiger partial charge in [0.2, 0.25) is 5.13 Å². The van der Waals surface area contributed by atoms with E-state index in [0.29, 0.717) is 17.4 Å². The minimum Gasteiger partial charge on any atom is -0.260 e. The molecule has 0 aliphatic carbocycles. The zero-order chi connectivity index (χ0) is 18.1. The van der Waals surface area contributed by atoms with Gasteiger partial charge in [0.15, 0.2) is 0 Å². The predicted octanol–water partition coefficient (Wildman–Crippen LogP) is 2.88. The first kappa shape index (κ1) is 16.6. The molecule has 0 saturated heterocycles. The van der Waals surface area contributed by atoms with Crippen molar-refractivity contribution in [2.75, 3.05) is 4.72 Å². The van der Waals surface area contributed by atoms with Crippen molar-refractivity contribution in [1.29, 1.82) is 0 Å². The van der Waals surface area contributed by atoms with Crippen LogP contribution < -0.4 is 4.72 Å². The Balaban J connectivity index is 1.72. The van der Waals surface area contributed by atoms with E-state index in [0.717, 1.165) is 17.1 Å². The fraction of sp³-hybridized carbons (Fsp3) is 0.0625. The minimum atomic E-state index is -4.11. The van der Waals surface area contributed by atoms with E-state index < -0.39 is 20.7 Å². The Morgan fingerprint density at radius 2 is 2.00 bits per heavy atom. The average Bonchev–Trinajstić information content (AvgIpc) is 3.25. The average molecular weight is 389 g/mol. The Labute approximate surface area is 152 Å². The van der Waals surface area contributed by atoms with Crippen LogP contribution in [0.4, 0.5) is 9.52 Å². The van der Waals surface area contributed by atoms with Gasteiger partial charge < -0.3 is 0 Å². The van der Waals surface area contributed by atoms with E-state index in [1.165, 1.54) is 24.7 Å². The Morgan fingerprint density at radius 3 is 2.73 bits per heavy atom. The van der Waals surface area contributed by atoms with Crippen molar-refractivity contribution in [3.63, 3.8) is 0 Å². The Bertz CT molecular complexity index is 1160. The molecule has 0 unspecified atom stereocenters. The molecule has 2 aromatic heterocycles. The molecule has 0 atom stereocenters. The Hall–Kier alpha value is -2.85. The molecule has 2 heterocycles. The number of halogens is 1. The summed E-state index contributed by atoms with van der Waals surface area (Å²) in [6.07, 6.45) is 2.73. The van der Waals surface area contributed by atoms with Gasteiger partial charge in [-0.25, -0.2) is 17.8 Å². The van der Waals surface area contributed by atoms with Gasteiger partial charge in [0.1, 0.15) is 17.0 Å². The number of benzene rings is 2. The highest BCUT2D eigenvalue weighted by atomic mass is 32.2. The van der Waals surface area contributed by atoms with Crippen LogP contribution in [-0.2, 0) is 16.6 Å². The largest absolute Gasteiger partial charge is 0.266 e. The van der Waals surface area contributed by atoms with Crippen LogP contribution >= 0.6 is 11.5 Å². The van der Waals surface area contributed by atoms with Crippen LogP contribution in [0.5, 0.6) is 0 Å². The van der Waals surface area contributed by atoms with Crippen molar-refractivity contribution in [2.45, 2.75) is 11.4 Å². The van der Waals surface area contributed by atoms with Gasteiger partial charge in [-0.1, -0.05) is 30.3 Å². The molecular formula is C16H12FN5O2S2. The zero-order valence-electron chi connectivity index (χ0n) is 13.2. The maximum absolute atomic E-state index is 14.5. The number of nitrogens with one attached hydrogen (secondary N) is 1. The van der Waals surface area contributed by atoms with Crippen LogP contribution in [-0.4, -0.2) is 27.6 Å². The summed E-state index contributed by atoms with van der Waals surface area (Å²) in [4.78, 5) is 3.29. The Kier molecular flexibility index (Phi) is 4.13. The summed E-state index contributed by atoms with van der Waals surface area (Å²) in [7, 11) is -4.11. The number of nitrogens with zero attached hydrogens (tertiary/aromatic N) is 4. The van der Waals surface area contributed by atoms with Gasteiger partial charge >= 0.3 is 0 Å². The molecule has 0 fully saturated rings. The van der Waals surface area contributed by atoms with Gasteiger partial charge in [-0.2, -0.15) is 9.47 Å². The van der Waals surface area contributed by atoms with Crippen LogP contribution in [0.25, 0.3) is 10.9 Å². The number of fused-ring (bicyclic) bond motifs is 1. The molecule has 0 bridgehead atoms. The third-order valence-electron chi connectivity index (χ3n) is 3.74. The minimum absolute atomic E-state index is 0.0734. The lowest BCUT2D eigenvalue weighted by Crippen LogP contribution is -2.14. The number of rotatable bonds is 5. The molecule has 0 aliphatic rings. The van der Waals surface area contributed by atoms with Crippen LogP contribution in [0, 0.1) is 5.82 Å². The number of anilines is 1. The molecule has 132 valence electrons. The summed E-state index contributed by atoms with van der Waals surface area (Å²) in [5.41, 5.74) is 1.52. The third-order valence-corrected chi connectivity index (χ3v) is 5.81. The molecule has 4 rings (SSSR count). The predicted molar refractivity (Wildman–Crippen MR) is 96.0 cm³/mol. The van der Waals surface area contributed by atoms with Crippen molar-refractivity contribution in [3.8, 4) is 0 Å². The molecule has 7 nitrogen and oxygen atoms in total. The second kappa shape index (κ2) is 6.46. The summed E-state index contributed by atoms with van der Waals surface area (Å²) >= 11 is 0.869. The van der Waals surface area contributed by atoms with Gasteiger partial charge in [-0.3, -0.25) is 9.40 Å². The lowest BCUT2D eigenvalue weighted by Gasteiger charge is -2.08. The number of hydrogen-bond donors (Lipinski definition) is 1. The lowest BCUT2D eigenvalue weighted by atomic mass is 10.2. The first-order valence-corrected chi connectivity index (χ1v) is 9.77. The van der Waals surface area contributed by atoms with Crippen molar-refractivity contribution >= 4 is 37.6 Å². The SMILES string of the molecule is O=S(=O)(Nc1ncns1)c1cc2cnn(Cc3ccccc3)c2cc1F. The lowest BCUT2D eigenvalue weighted by molar-refractivity contribution is 0.571. The van der Waals surface area contributed by atoms with E-state index in [1.54, 1.807) is 4.68 Å². The Morgan fingerprint density at radius 1 is 1.19 bits per heavy atom. The fourth-order valence-corrected chi connectivity index (χ4v) is 4.31. The first-order valence-electron chi connectivity index (χ1n) is 7.51. The standard InChI is InChI=1S/C16H12FN5O2S2/c17-13-7-14-12(8-19-22(14)9-11-4-2-1-3-5-11)6-15(13)26(23,24)21-16-18-10-20-25-16/h1-8,10H,9H2,(H,18,20,21). The molecular weight excluding hydrogens is 377 g/mol. The molecule has 2 aromatic carbocycles. The van der Waals surface area contributed by atoms with Gasteiger partial charge in [-0.15, -0.1) is 0 Å². The maximum atomic E-state index is 14.5. The van der Waals surface area contributed by atoms with Crippen molar-refractivity contribution in [3.05, 3.63) is 66.4 Å². The highest BCUT2D eigenvalue weighted by molar-refractivity contribution is 7.93. The van der Waals surface area contributed by atoms with Crippen molar-refractivity contribution in [1.82, 2.24) is 19.1 Å². The van der Waals surface area contributed by atoms with Crippen LogP contribution in [0.1, 0.15) is 5.56 Å². The smallest absolute Gasteiger partial charge is 0.260 e. The first-order chi connectivity index (χ1) is 12.5. The highest BCUT2D eigenvalue weighted by Gasteiger charge is 2.22. The summed E-state index contributed by atoms with van der Waals surface area (Å²) < 4.78 is 46.9. The van der Waals surface area contributed by atoms with E-state index in [9.17, 15) is 12.8 Å². The second-order valence-corrected chi connectivity index (χ2v) is 7.91. The van der Waals surface area contributed by atoms with Gasteiger partial charge in [0.25, 0.3) is 10.0 Å². The van der Waals surface area contributed by atoms with E-state index in [1.807, 2.05) is 30.3 Å². The highest BCUT2D eigenvalue weighted by Crippen LogP contribution is 2.25. The zero-order valence-corrected chi connectivity index (χ0v) is 14.8. The van der Waals surface area contributed by atoms with Crippen LogP contribution in [0.3, 0.4) is 0 Å². The summed E-state index contributed by atoms with van der Waals surface area (Å²) in [5.74, 6) is -0.857. The quantitative estimate of drug-likeness (QED) is 0.567. The van der Waals surface area contributed by atoms with Crippen molar-refractivity contribution in [2.24, 2.45) is 0 Å². The van der Waals surface area contributed by atoms with E-state index >= 15 is 0 Å². The molecule has 26 heavy (non-hydrogen) atoms. The topological polar surface area (TPSA) is 89.8 Å². The number of hydrogen-bond acceptors (Lipinski definition) is 6. The van der Waals surface area contributed by atoms with E-state index in [-0.39, 0.29) is 5.13 Å². The normalized spacial score (nSPS) is 11.7. The van der Waals surface area contributed by atoms with E-state index in [4.69, 9.17) is 0 Å². The number of aromatic nitrogens is 4. The summed E-state index contributed by atoms with van der Waals surface area (Å²) in [6.45, 7) is 0.457. The second-order valence-electron chi connectivity index (χ2n) is 5.48. The van der Waals surface area contributed by atoms with E-state index in [2.05, 4.69) is 19.2 Å². The maximum Gasteiger partial charge on any atom is 0.266 e. The van der Waals surface area contributed by atoms with Crippen LogP contribution in [0.2, 0.25) is 0 Å². The molecule has 1 N–H and O–H groups in total. The molecule has 10 heteroatoms. The summed E-state index contributed by atoms with van der Waals surface area (Å²) in [6, 6.07) is 12.1. The molecule has 4 aromatic rings. The van der Waals surface area contributed by atoms with Gasteiger partial charge in [0.05, 0.1) is 18.3 Å². The molecule has 0 radical (unpaired) electrons. The number of sulfonamides is 1. The fourth-order valence-electron chi connectivity index (χ4n) is 2.56. The molecule has 0 spiro atoms.